The number of hydrogen-bond acceptors (Lipinski definition) is 4. The van der Waals surface area contributed by atoms with Crippen LogP contribution in [0.5, 0.6) is 0 Å². The first-order valence-electron chi connectivity index (χ1n) is 12.2. The molecule has 0 heterocycles. The van der Waals surface area contributed by atoms with Gasteiger partial charge in [0.2, 0.25) is 11.8 Å². The molecule has 0 saturated heterocycles. The van der Waals surface area contributed by atoms with Crippen molar-refractivity contribution in [3.63, 3.8) is 0 Å². The number of carbonyl (C=O) groups is 2. The van der Waals surface area contributed by atoms with Crippen LogP contribution in [-0.4, -0.2) is 20.2 Å². The monoisotopic (exact) mass is 525 g/mol. The van der Waals surface area contributed by atoms with E-state index in [0.717, 1.165) is 21.9 Å². The number of anilines is 1. The first-order valence-corrected chi connectivity index (χ1v) is 13.7. The second-order valence-electron chi connectivity index (χ2n) is 8.93. The Balaban J connectivity index is 1.44. The molecule has 4 aromatic carbocycles. The molecule has 0 fully saturated rings. The van der Waals surface area contributed by atoms with Gasteiger partial charge < -0.3 is 5.32 Å². The van der Waals surface area contributed by atoms with Crippen LogP contribution in [0.15, 0.2) is 95.9 Å². The van der Waals surface area contributed by atoms with Gasteiger partial charge in [0.1, 0.15) is 0 Å². The highest BCUT2D eigenvalue weighted by molar-refractivity contribution is 7.90. The predicted octanol–water partition coefficient (Wildman–Crippen LogP) is 5.96. The molecule has 2 amide bonds. The molecule has 4 rings (SSSR count). The summed E-state index contributed by atoms with van der Waals surface area (Å²) in [7, 11) is -3.93. The van der Waals surface area contributed by atoms with Crippen LogP contribution in [0.4, 0.5) is 11.4 Å². The second-order valence-corrected chi connectivity index (χ2v) is 10.6. The third kappa shape index (κ3) is 6.25. The summed E-state index contributed by atoms with van der Waals surface area (Å²) < 4.78 is 26.8. The number of benzene rings is 4. The van der Waals surface area contributed by atoms with E-state index in [-0.39, 0.29) is 17.2 Å². The molecule has 1 unspecified atom stereocenters. The fourth-order valence-corrected chi connectivity index (χ4v) is 5.31. The van der Waals surface area contributed by atoms with Gasteiger partial charge in [-0.1, -0.05) is 72.8 Å². The van der Waals surface area contributed by atoms with E-state index in [1.165, 1.54) is 12.1 Å². The molecule has 192 valence electrons. The number of rotatable bonds is 9. The average molecular weight is 526 g/mol. The molecule has 0 aliphatic heterocycles. The van der Waals surface area contributed by atoms with Gasteiger partial charge in [0, 0.05) is 12.1 Å². The van der Waals surface area contributed by atoms with E-state index in [4.69, 9.17) is 6.57 Å². The summed E-state index contributed by atoms with van der Waals surface area (Å²) in [6.07, 6.45) is 0.751. The molecule has 0 radical (unpaired) electrons. The Morgan fingerprint density at radius 2 is 1.63 bits per heavy atom. The smallest absolute Gasteiger partial charge is 0.264 e. The number of amides is 2. The average Bonchev–Trinajstić information content (AvgIpc) is 2.93. The molecular formula is C30H27N3O4S. The van der Waals surface area contributed by atoms with Crippen molar-refractivity contribution in [1.82, 2.24) is 4.72 Å². The Kier molecular flexibility index (Phi) is 8.19. The minimum atomic E-state index is -3.93. The SMILES string of the molecule is [C-]#[N+]c1ccc(CCCC(=O)NS(=O)(=O)c2ccccc2)c(NC(=O)C(C)c2cccc3ccccc23)c1. The number of nitrogens with zero attached hydrogens (tertiary/aromatic N) is 1. The summed E-state index contributed by atoms with van der Waals surface area (Å²) in [6, 6.07) is 26.5. The fraction of sp³-hybridized carbons (Fsp3) is 0.167. The van der Waals surface area contributed by atoms with E-state index in [1.807, 2.05) is 49.4 Å². The maximum atomic E-state index is 13.3. The van der Waals surface area contributed by atoms with Crippen LogP contribution in [-0.2, 0) is 26.0 Å². The molecular weight excluding hydrogens is 498 g/mol. The number of aryl methyl sites for hydroxylation is 1. The topological polar surface area (TPSA) is 96.7 Å². The summed E-state index contributed by atoms with van der Waals surface area (Å²) in [6.45, 7) is 9.19. The van der Waals surface area contributed by atoms with Gasteiger partial charge in [0.05, 0.1) is 17.4 Å². The van der Waals surface area contributed by atoms with E-state index in [0.29, 0.717) is 24.2 Å². The highest BCUT2D eigenvalue weighted by Crippen LogP contribution is 2.29. The van der Waals surface area contributed by atoms with Gasteiger partial charge in [0.25, 0.3) is 10.0 Å². The van der Waals surface area contributed by atoms with E-state index in [1.54, 1.807) is 36.4 Å². The third-order valence-electron chi connectivity index (χ3n) is 6.32. The number of carbonyl (C=O) groups excluding carboxylic acids is 2. The first-order chi connectivity index (χ1) is 18.3. The maximum Gasteiger partial charge on any atom is 0.264 e. The van der Waals surface area contributed by atoms with Gasteiger partial charge in [-0.2, -0.15) is 0 Å². The van der Waals surface area contributed by atoms with Gasteiger partial charge in [-0.05, 0) is 59.9 Å². The van der Waals surface area contributed by atoms with Crippen molar-refractivity contribution in [2.45, 2.75) is 37.0 Å². The summed E-state index contributed by atoms with van der Waals surface area (Å²) in [4.78, 5) is 29.1. The zero-order chi connectivity index (χ0) is 27.1. The molecule has 0 saturated carbocycles. The summed E-state index contributed by atoms with van der Waals surface area (Å²) in [5.41, 5.74) is 2.55. The van der Waals surface area contributed by atoms with E-state index >= 15 is 0 Å². The molecule has 0 aromatic heterocycles. The molecule has 8 heteroatoms. The van der Waals surface area contributed by atoms with Crippen molar-refractivity contribution < 1.29 is 18.0 Å². The van der Waals surface area contributed by atoms with Crippen molar-refractivity contribution >= 4 is 44.0 Å². The van der Waals surface area contributed by atoms with Crippen molar-refractivity contribution in [3.05, 3.63) is 114 Å². The highest BCUT2D eigenvalue weighted by atomic mass is 32.2. The van der Waals surface area contributed by atoms with Gasteiger partial charge in [-0.15, -0.1) is 0 Å². The zero-order valence-electron chi connectivity index (χ0n) is 20.8. The predicted molar refractivity (Wildman–Crippen MR) is 148 cm³/mol. The molecule has 4 aromatic rings. The van der Waals surface area contributed by atoms with Crippen LogP contribution >= 0.6 is 0 Å². The quantitative estimate of drug-likeness (QED) is 0.264. The summed E-state index contributed by atoms with van der Waals surface area (Å²) in [5, 5.41) is 5.02. The number of sulfonamides is 1. The highest BCUT2D eigenvalue weighted by Gasteiger charge is 2.20. The number of fused-ring (bicyclic) bond motifs is 1. The Hall–Kier alpha value is -4.48. The molecule has 7 nitrogen and oxygen atoms in total. The van der Waals surface area contributed by atoms with Crippen LogP contribution in [0.3, 0.4) is 0 Å². The normalized spacial score (nSPS) is 11.9. The van der Waals surface area contributed by atoms with Crippen LogP contribution in [0, 0.1) is 6.57 Å². The van der Waals surface area contributed by atoms with E-state index in [9.17, 15) is 18.0 Å². The molecule has 2 N–H and O–H groups in total. The van der Waals surface area contributed by atoms with Gasteiger partial charge in [-0.3, -0.25) is 9.59 Å². The Bertz CT molecular complexity index is 1620. The van der Waals surface area contributed by atoms with Crippen molar-refractivity contribution in [3.8, 4) is 0 Å². The molecule has 1 atom stereocenters. The fourth-order valence-electron chi connectivity index (χ4n) is 4.28. The Morgan fingerprint density at radius 3 is 2.39 bits per heavy atom. The number of nitrogens with one attached hydrogen (secondary N) is 2. The lowest BCUT2D eigenvalue weighted by Gasteiger charge is -2.17. The maximum absolute atomic E-state index is 13.3. The number of hydrogen-bond donors (Lipinski definition) is 2. The van der Waals surface area contributed by atoms with Crippen LogP contribution in [0.2, 0.25) is 0 Å². The van der Waals surface area contributed by atoms with Crippen LogP contribution in [0.25, 0.3) is 15.6 Å². The second kappa shape index (κ2) is 11.7. The van der Waals surface area contributed by atoms with Crippen molar-refractivity contribution in [2.24, 2.45) is 0 Å². The van der Waals surface area contributed by atoms with Gasteiger partial charge in [0.15, 0.2) is 5.69 Å². The van der Waals surface area contributed by atoms with E-state index < -0.39 is 21.8 Å². The van der Waals surface area contributed by atoms with Crippen molar-refractivity contribution in [2.75, 3.05) is 5.32 Å². The lowest BCUT2D eigenvalue weighted by molar-refractivity contribution is -0.119. The minimum Gasteiger partial charge on any atom is -0.326 e. The van der Waals surface area contributed by atoms with Crippen molar-refractivity contribution in [1.29, 1.82) is 0 Å². The molecule has 0 aliphatic carbocycles. The molecule has 0 bridgehead atoms. The van der Waals surface area contributed by atoms with Crippen LogP contribution in [0.1, 0.15) is 36.8 Å². The molecule has 0 aliphatic rings. The standard InChI is InChI=1S/C30H27N3O4S/c1-21(26-16-8-11-22-10-6-7-15-27(22)26)30(35)32-28-20-24(31-2)19-18-23(28)12-9-17-29(34)33-38(36,37)25-13-4-3-5-14-25/h3-8,10-11,13-16,18-21H,9,12,17H2,1H3,(H,32,35)(H,33,34). The largest absolute Gasteiger partial charge is 0.326 e. The van der Waals surface area contributed by atoms with Gasteiger partial charge >= 0.3 is 0 Å². The van der Waals surface area contributed by atoms with Crippen LogP contribution < -0.4 is 10.0 Å². The minimum absolute atomic E-state index is 0.0174. The first kappa shape index (κ1) is 26.6. The third-order valence-corrected chi connectivity index (χ3v) is 7.70. The summed E-state index contributed by atoms with van der Waals surface area (Å²) in [5.74, 6) is -1.27. The Morgan fingerprint density at radius 1 is 0.921 bits per heavy atom. The summed E-state index contributed by atoms with van der Waals surface area (Å²) >= 11 is 0. The molecule has 38 heavy (non-hydrogen) atoms. The van der Waals surface area contributed by atoms with E-state index in [2.05, 4.69) is 14.9 Å². The Labute approximate surface area is 222 Å². The van der Waals surface area contributed by atoms with Gasteiger partial charge in [-0.25, -0.2) is 18.0 Å². The zero-order valence-corrected chi connectivity index (χ0v) is 21.7. The molecule has 0 spiro atoms. The lowest BCUT2D eigenvalue weighted by Crippen LogP contribution is -2.30. The lowest BCUT2D eigenvalue weighted by atomic mass is 9.94.